The molecule has 2 aromatic heterocycles. The van der Waals surface area contributed by atoms with Gasteiger partial charge in [0.1, 0.15) is 5.82 Å². The monoisotopic (exact) mass is 424 g/mol. The van der Waals surface area contributed by atoms with Crippen LogP contribution in [0.25, 0.3) is 0 Å². The molecule has 1 aliphatic heterocycles. The second kappa shape index (κ2) is 9.91. The van der Waals surface area contributed by atoms with E-state index in [1.54, 1.807) is 18.3 Å². The Hall–Kier alpha value is -2.64. The number of halogens is 1. The van der Waals surface area contributed by atoms with Crippen LogP contribution in [0.1, 0.15) is 29.0 Å². The summed E-state index contributed by atoms with van der Waals surface area (Å²) >= 11 is 1.48. The van der Waals surface area contributed by atoms with Gasteiger partial charge in [-0.05, 0) is 55.8 Å². The second-order valence-electron chi connectivity index (χ2n) is 7.61. The lowest BCUT2D eigenvalue weighted by molar-refractivity contribution is -0.121. The number of carbonyl (C=O) groups excluding carboxylic acids is 1. The van der Waals surface area contributed by atoms with Gasteiger partial charge in [0.05, 0.1) is 0 Å². The first kappa shape index (κ1) is 20.6. The fraction of sp³-hybridized carbons (Fsp3) is 0.348. The van der Waals surface area contributed by atoms with Crippen molar-refractivity contribution in [2.24, 2.45) is 5.92 Å². The van der Waals surface area contributed by atoms with Gasteiger partial charge in [-0.15, -0.1) is 11.3 Å². The molecule has 3 heterocycles. The maximum absolute atomic E-state index is 13.0. The van der Waals surface area contributed by atoms with E-state index in [1.165, 1.54) is 23.5 Å². The molecule has 30 heavy (non-hydrogen) atoms. The number of likely N-dealkylation sites (tertiary alicyclic amines) is 1. The maximum atomic E-state index is 13.0. The van der Waals surface area contributed by atoms with Gasteiger partial charge in [-0.1, -0.05) is 18.2 Å². The lowest BCUT2D eigenvalue weighted by atomic mass is 9.96. The third kappa shape index (κ3) is 5.70. The predicted molar refractivity (Wildman–Crippen MR) is 117 cm³/mol. The van der Waals surface area contributed by atoms with Crippen LogP contribution in [0.4, 0.5) is 9.52 Å². The van der Waals surface area contributed by atoms with Crippen molar-refractivity contribution in [3.8, 4) is 0 Å². The molecule has 3 aromatic rings. The van der Waals surface area contributed by atoms with Crippen molar-refractivity contribution in [3.05, 3.63) is 76.8 Å². The molecule has 1 N–H and O–H groups in total. The molecule has 5 nitrogen and oxygen atoms in total. The number of nitrogens with zero attached hydrogens (tertiary/aromatic N) is 3. The van der Waals surface area contributed by atoms with Crippen LogP contribution in [0.2, 0.25) is 0 Å². The highest BCUT2D eigenvalue weighted by Gasteiger charge is 2.25. The minimum absolute atomic E-state index is 0.0283. The van der Waals surface area contributed by atoms with E-state index in [1.807, 2.05) is 18.3 Å². The first-order chi connectivity index (χ1) is 14.7. The summed E-state index contributed by atoms with van der Waals surface area (Å²) in [4.78, 5) is 24.8. The minimum atomic E-state index is -0.237. The molecule has 156 valence electrons. The van der Waals surface area contributed by atoms with Crippen LogP contribution >= 0.6 is 11.3 Å². The molecule has 0 atom stereocenters. The van der Waals surface area contributed by atoms with Crippen molar-refractivity contribution in [1.82, 2.24) is 14.9 Å². The normalized spacial score (nSPS) is 15.2. The van der Waals surface area contributed by atoms with E-state index in [2.05, 4.69) is 26.3 Å². The SMILES string of the molecule is O=C(Nc1ncc(Cc2ccc(F)cc2)s1)C1CCN(CCc2ccccn2)CC1. The van der Waals surface area contributed by atoms with Gasteiger partial charge in [0.25, 0.3) is 0 Å². The molecule has 0 spiro atoms. The van der Waals surface area contributed by atoms with Crippen LogP contribution in [0, 0.1) is 11.7 Å². The largest absolute Gasteiger partial charge is 0.303 e. The van der Waals surface area contributed by atoms with Gasteiger partial charge >= 0.3 is 0 Å². The number of aromatic nitrogens is 2. The highest BCUT2D eigenvalue weighted by Crippen LogP contribution is 2.24. The number of anilines is 1. The van der Waals surface area contributed by atoms with E-state index < -0.39 is 0 Å². The van der Waals surface area contributed by atoms with Gasteiger partial charge in [-0.2, -0.15) is 0 Å². The van der Waals surface area contributed by atoms with Crippen molar-refractivity contribution in [2.75, 3.05) is 25.0 Å². The molecule has 1 saturated heterocycles. The summed E-state index contributed by atoms with van der Waals surface area (Å²) in [7, 11) is 0. The topological polar surface area (TPSA) is 58.1 Å². The number of carbonyl (C=O) groups is 1. The Bertz CT molecular complexity index is 953. The third-order valence-corrected chi connectivity index (χ3v) is 6.36. The van der Waals surface area contributed by atoms with Crippen LogP contribution in [0.5, 0.6) is 0 Å². The zero-order valence-corrected chi connectivity index (χ0v) is 17.6. The lowest BCUT2D eigenvalue weighted by Crippen LogP contribution is -2.39. The van der Waals surface area contributed by atoms with Crippen molar-refractivity contribution in [1.29, 1.82) is 0 Å². The summed E-state index contributed by atoms with van der Waals surface area (Å²) in [6.07, 6.45) is 6.96. The van der Waals surface area contributed by atoms with Crippen molar-refractivity contribution in [3.63, 3.8) is 0 Å². The summed E-state index contributed by atoms with van der Waals surface area (Å²) in [5.41, 5.74) is 2.13. The van der Waals surface area contributed by atoms with Crippen LogP contribution in [-0.4, -0.2) is 40.4 Å². The van der Waals surface area contributed by atoms with Crippen molar-refractivity contribution < 1.29 is 9.18 Å². The molecular weight excluding hydrogens is 399 g/mol. The molecule has 1 aromatic carbocycles. The highest BCUT2D eigenvalue weighted by molar-refractivity contribution is 7.15. The van der Waals surface area contributed by atoms with Crippen LogP contribution in [0.3, 0.4) is 0 Å². The Morgan fingerprint density at radius 3 is 2.67 bits per heavy atom. The van der Waals surface area contributed by atoms with Crippen LogP contribution in [0.15, 0.2) is 54.9 Å². The molecule has 0 saturated carbocycles. The quantitative estimate of drug-likeness (QED) is 0.619. The highest BCUT2D eigenvalue weighted by atomic mass is 32.1. The first-order valence-corrected chi connectivity index (χ1v) is 11.1. The van der Waals surface area contributed by atoms with Crippen molar-refractivity contribution >= 4 is 22.4 Å². The number of amides is 1. The Labute approximate surface area is 180 Å². The molecule has 4 rings (SSSR count). The van der Waals surface area contributed by atoms with Gasteiger partial charge in [-0.25, -0.2) is 9.37 Å². The molecule has 7 heteroatoms. The number of piperidine rings is 1. The van der Waals surface area contributed by atoms with E-state index in [4.69, 9.17) is 0 Å². The Morgan fingerprint density at radius 1 is 1.13 bits per heavy atom. The van der Waals surface area contributed by atoms with E-state index in [9.17, 15) is 9.18 Å². The Balaban J connectivity index is 1.22. The number of nitrogens with one attached hydrogen (secondary N) is 1. The number of pyridine rings is 1. The molecule has 1 fully saturated rings. The molecule has 0 aliphatic carbocycles. The lowest BCUT2D eigenvalue weighted by Gasteiger charge is -2.30. The van der Waals surface area contributed by atoms with E-state index in [0.717, 1.165) is 55.0 Å². The first-order valence-electron chi connectivity index (χ1n) is 10.3. The molecule has 0 radical (unpaired) electrons. The molecule has 0 unspecified atom stereocenters. The predicted octanol–water partition coefficient (Wildman–Crippen LogP) is 4.16. The molecular formula is C23H25FN4OS. The summed E-state index contributed by atoms with van der Waals surface area (Å²) in [5, 5.41) is 3.61. The average molecular weight is 425 g/mol. The fourth-order valence-corrected chi connectivity index (χ4v) is 4.54. The average Bonchev–Trinajstić information content (AvgIpc) is 3.21. The Morgan fingerprint density at radius 2 is 1.93 bits per heavy atom. The molecule has 1 amide bonds. The second-order valence-corrected chi connectivity index (χ2v) is 8.73. The van der Waals surface area contributed by atoms with Gasteiger partial charge < -0.3 is 10.2 Å². The smallest absolute Gasteiger partial charge is 0.229 e. The Kier molecular flexibility index (Phi) is 6.81. The number of rotatable bonds is 7. The summed E-state index contributed by atoms with van der Waals surface area (Å²) in [6.45, 7) is 2.84. The van der Waals surface area contributed by atoms with Crippen LogP contribution in [-0.2, 0) is 17.6 Å². The number of hydrogen-bond donors (Lipinski definition) is 1. The standard InChI is InChI=1S/C23H25FN4OS/c24-19-6-4-17(5-7-19)15-21-16-26-23(30-21)27-22(29)18-8-12-28(13-9-18)14-10-20-3-1-2-11-25-20/h1-7,11,16,18H,8-10,12-15H2,(H,26,27,29). The van der Waals surface area contributed by atoms with Gasteiger partial charge in [0.15, 0.2) is 5.13 Å². The number of benzene rings is 1. The van der Waals surface area contributed by atoms with E-state index in [-0.39, 0.29) is 17.6 Å². The molecule has 1 aliphatic rings. The van der Waals surface area contributed by atoms with Gasteiger partial charge in [0.2, 0.25) is 5.91 Å². The molecule has 0 bridgehead atoms. The van der Waals surface area contributed by atoms with Crippen molar-refractivity contribution in [2.45, 2.75) is 25.7 Å². The fourth-order valence-electron chi connectivity index (χ4n) is 3.70. The third-order valence-electron chi connectivity index (χ3n) is 5.44. The summed E-state index contributed by atoms with van der Waals surface area (Å²) in [5.74, 6) is -0.151. The van der Waals surface area contributed by atoms with E-state index in [0.29, 0.717) is 11.6 Å². The maximum Gasteiger partial charge on any atom is 0.229 e. The zero-order valence-electron chi connectivity index (χ0n) is 16.8. The van der Waals surface area contributed by atoms with E-state index >= 15 is 0 Å². The summed E-state index contributed by atoms with van der Waals surface area (Å²) < 4.78 is 13.0. The summed E-state index contributed by atoms with van der Waals surface area (Å²) in [6, 6.07) is 12.5. The number of hydrogen-bond acceptors (Lipinski definition) is 5. The zero-order chi connectivity index (χ0) is 20.8. The van der Waals surface area contributed by atoms with Gasteiger partial charge in [-0.3, -0.25) is 9.78 Å². The number of thiazole rings is 1. The minimum Gasteiger partial charge on any atom is -0.303 e. The van der Waals surface area contributed by atoms with Gasteiger partial charge in [0, 0.05) is 48.3 Å². The van der Waals surface area contributed by atoms with Crippen LogP contribution < -0.4 is 5.32 Å².